The van der Waals surface area contributed by atoms with E-state index >= 15 is 0 Å². The van der Waals surface area contributed by atoms with E-state index in [1.54, 1.807) is 12.1 Å². The lowest BCUT2D eigenvalue weighted by atomic mass is 9.85. The Bertz CT molecular complexity index is 1050. The van der Waals surface area contributed by atoms with Crippen molar-refractivity contribution in [2.45, 2.75) is 74.4 Å². The molecule has 0 unspecified atom stereocenters. The molecule has 6 N–H and O–H groups in total. The Morgan fingerprint density at radius 2 is 1.64 bits per heavy atom. The summed E-state index contributed by atoms with van der Waals surface area (Å²) in [5.41, 5.74) is 1.02. The molecule has 0 aliphatic heterocycles. The van der Waals surface area contributed by atoms with Crippen LogP contribution in [0.5, 0.6) is 0 Å². The lowest BCUT2D eigenvalue weighted by Crippen LogP contribution is -2.47. The Balaban J connectivity index is 1.46. The summed E-state index contributed by atoms with van der Waals surface area (Å²) in [6.45, 7) is -1.39. The number of aliphatic hydroxyl groups excluding tert-OH is 6. The number of hydrogen-bond donors (Lipinski definition) is 6. The predicted molar refractivity (Wildman–Crippen MR) is 151 cm³/mol. The molecular formula is C27H35Cl3O8S. The highest BCUT2D eigenvalue weighted by molar-refractivity contribution is 7.13. The number of rotatable bonds is 14. The molecule has 39 heavy (non-hydrogen) atoms. The van der Waals surface area contributed by atoms with Crippen molar-refractivity contribution in [3.8, 4) is 0 Å². The van der Waals surface area contributed by atoms with Crippen LogP contribution in [0.15, 0.2) is 30.3 Å². The average Bonchev–Trinajstić information content (AvgIpc) is 3.47. The molecule has 1 aliphatic rings. The number of carbonyl (C=O) groups is 1. The minimum atomic E-state index is -1.80. The summed E-state index contributed by atoms with van der Waals surface area (Å²) in [7, 11) is 0. The van der Waals surface area contributed by atoms with Crippen molar-refractivity contribution < 1.29 is 40.2 Å². The number of hydrogen-bond acceptors (Lipinski definition) is 9. The quantitative estimate of drug-likeness (QED) is 0.139. The van der Waals surface area contributed by atoms with Gasteiger partial charge < -0.3 is 35.4 Å². The maximum Gasteiger partial charge on any atom is 0.348 e. The predicted octanol–water partition coefficient (Wildman–Crippen LogP) is 3.21. The van der Waals surface area contributed by atoms with E-state index in [-0.39, 0.29) is 17.2 Å². The molecule has 1 saturated carbocycles. The molecule has 0 saturated heterocycles. The van der Waals surface area contributed by atoms with Gasteiger partial charge in [-0.05, 0) is 86.3 Å². The Morgan fingerprint density at radius 3 is 2.31 bits per heavy atom. The molecule has 1 aromatic carbocycles. The number of halogens is 3. The Hall–Kier alpha value is -0.980. The van der Waals surface area contributed by atoms with E-state index in [1.807, 2.05) is 18.2 Å². The Morgan fingerprint density at radius 1 is 0.974 bits per heavy atom. The minimum absolute atomic E-state index is 0.0675. The van der Waals surface area contributed by atoms with Crippen LogP contribution in [0.3, 0.4) is 0 Å². The molecule has 0 spiro atoms. The molecule has 8 nitrogen and oxygen atoms in total. The third kappa shape index (κ3) is 9.26. The van der Waals surface area contributed by atoms with Gasteiger partial charge in [0.1, 0.15) is 35.9 Å². The number of esters is 1. The standard InChI is InChI=1S/C27H35Cl3O8S/c28-15-8-14(9-16(29)10-15)4-6-19-18(20(30)11-21(19)32)3-1-2-17-5-7-24(39-17)27(37)38-13-23(34)26(36)25(35)22(33)12-31/h5,7-10,18-23,25-26,31-36H,1-4,6,11-13H2/t18-,19-,20-,21-,22-,23+,25-,26+/m1/s1. The van der Waals surface area contributed by atoms with Crippen molar-refractivity contribution >= 4 is 52.1 Å². The fraction of sp³-hybridized carbons (Fsp3) is 0.593. The van der Waals surface area contributed by atoms with Crippen LogP contribution in [0.4, 0.5) is 0 Å². The summed E-state index contributed by atoms with van der Waals surface area (Å²) >= 11 is 20.1. The van der Waals surface area contributed by atoms with Crippen LogP contribution in [0.25, 0.3) is 0 Å². The fourth-order valence-corrected chi connectivity index (χ4v) is 7.06. The van der Waals surface area contributed by atoms with Gasteiger partial charge >= 0.3 is 5.97 Å². The molecule has 1 aromatic heterocycles. The van der Waals surface area contributed by atoms with E-state index in [0.29, 0.717) is 21.3 Å². The van der Waals surface area contributed by atoms with Crippen LogP contribution in [0, 0.1) is 11.8 Å². The number of thiophene rings is 1. The van der Waals surface area contributed by atoms with Gasteiger partial charge in [-0.3, -0.25) is 0 Å². The van der Waals surface area contributed by atoms with Crippen molar-refractivity contribution in [1.82, 2.24) is 0 Å². The van der Waals surface area contributed by atoms with Gasteiger partial charge in [0.15, 0.2) is 0 Å². The molecule has 0 radical (unpaired) electrons. The van der Waals surface area contributed by atoms with Crippen molar-refractivity contribution in [1.29, 1.82) is 0 Å². The molecule has 1 aliphatic carbocycles. The fourth-order valence-electron chi connectivity index (χ4n) is 5.05. The van der Waals surface area contributed by atoms with Crippen LogP contribution in [0.1, 0.15) is 45.8 Å². The number of aliphatic hydroxyl groups is 6. The molecule has 8 atom stereocenters. The van der Waals surface area contributed by atoms with Gasteiger partial charge in [-0.25, -0.2) is 4.79 Å². The number of aryl methyl sites for hydroxylation is 2. The zero-order valence-electron chi connectivity index (χ0n) is 21.2. The van der Waals surface area contributed by atoms with Crippen LogP contribution < -0.4 is 0 Å². The molecule has 0 amide bonds. The Kier molecular flexibility index (Phi) is 12.8. The van der Waals surface area contributed by atoms with Gasteiger partial charge in [0.25, 0.3) is 0 Å². The molecule has 2 aromatic rings. The molecule has 12 heteroatoms. The molecule has 1 fully saturated rings. The smallest absolute Gasteiger partial charge is 0.348 e. The minimum Gasteiger partial charge on any atom is -0.459 e. The van der Waals surface area contributed by atoms with Crippen LogP contribution in [0.2, 0.25) is 10.0 Å². The van der Waals surface area contributed by atoms with Gasteiger partial charge in [0.05, 0.1) is 12.7 Å². The van der Waals surface area contributed by atoms with E-state index in [1.165, 1.54) is 11.3 Å². The molecule has 218 valence electrons. The average molecular weight is 626 g/mol. The number of ether oxygens (including phenoxy) is 1. The first-order chi connectivity index (χ1) is 18.5. The number of alkyl halides is 1. The maximum absolute atomic E-state index is 12.4. The Labute approximate surface area is 246 Å². The maximum atomic E-state index is 12.4. The summed E-state index contributed by atoms with van der Waals surface area (Å²) in [5, 5.41) is 59.3. The first-order valence-corrected chi connectivity index (χ1v) is 14.9. The first-order valence-electron chi connectivity index (χ1n) is 12.9. The highest BCUT2D eigenvalue weighted by Gasteiger charge is 2.40. The van der Waals surface area contributed by atoms with E-state index < -0.39 is 49.7 Å². The highest BCUT2D eigenvalue weighted by Crippen LogP contribution is 2.42. The second kappa shape index (κ2) is 15.3. The van der Waals surface area contributed by atoms with Crippen LogP contribution >= 0.6 is 46.1 Å². The first kappa shape index (κ1) is 32.5. The third-order valence-corrected chi connectivity index (χ3v) is 9.26. The van der Waals surface area contributed by atoms with Crippen molar-refractivity contribution in [3.63, 3.8) is 0 Å². The number of carbonyl (C=O) groups excluding carboxylic acids is 1. The molecule has 1 heterocycles. The molecule has 3 rings (SSSR count). The zero-order valence-corrected chi connectivity index (χ0v) is 24.3. The van der Waals surface area contributed by atoms with Crippen LogP contribution in [-0.2, 0) is 17.6 Å². The topological polar surface area (TPSA) is 148 Å². The van der Waals surface area contributed by atoms with Gasteiger partial charge in [-0.15, -0.1) is 22.9 Å². The van der Waals surface area contributed by atoms with Crippen LogP contribution in [-0.4, -0.2) is 85.7 Å². The van der Waals surface area contributed by atoms with E-state index in [0.717, 1.165) is 42.5 Å². The second-order valence-corrected chi connectivity index (χ2v) is 12.6. The van der Waals surface area contributed by atoms with Gasteiger partial charge in [-0.2, -0.15) is 0 Å². The van der Waals surface area contributed by atoms with E-state index in [2.05, 4.69) is 0 Å². The number of benzene rings is 1. The van der Waals surface area contributed by atoms with Crippen molar-refractivity contribution in [3.05, 3.63) is 55.7 Å². The normalized spacial score (nSPS) is 24.3. The summed E-state index contributed by atoms with van der Waals surface area (Å²) in [6, 6.07) is 8.91. The van der Waals surface area contributed by atoms with Gasteiger partial charge in [0, 0.05) is 20.3 Å². The van der Waals surface area contributed by atoms with E-state index in [9.17, 15) is 30.3 Å². The zero-order chi connectivity index (χ0) is 28.7. The second-order valence-electron chi connectivity index (χ2n) is 10.0. The third-order valence-electron chi connectivity index (χ3n) is 7.20. The highest BCUT2D eigenvalue weighted by atomic mass is 35.5. The summed E-state index contributed by atoms with van der Waals surface area (Å²) in [4.78, 5) is 13.7. The summed E-state index contributed by atoms with van der Waals surface area (Å²) in [5.74, 6) is -0.457. The van der Waals surface area contributed by atoms with E-state index in [4.69, 9.17) is 44.6 Å². The molecular weight excluding hydrogens is 591 g/mol. The lowest BCUT2D eigenvalue weighted by molar-refractivity contribution is -0.124. The SMILES string of the molecule is O=C(OC[C@H](O)[C@H](O)[C@H](O)[C@H](O)CO)c1ccc(CCC[C@@H]2[C@@H](CCc3cc(Cl)cc(Cl)c3)[C@H](O)C[C@H]2Cl)s1. The van der Waals surface area contributed by atoms with Crippen molar-refractivity contribution in [2.75, 3.05) is 13.2 Å². The van der Waals surface area contributed by atoms with Crippen molar-refractivity contribution in [2.24, 2.45) is 11.8 Å². The lowest BCUT2D eigenvalue weighted by Gasteiger charge is -2.25. The molecule has 0 bridgehead atoms. The van der Waals surface area contributed by atoms with Gasteiger partial charge in [-0.1, -0.05) is 23.2 Å². The largest absolute Gasteiger partial charge is 0.459 e. The summed E-state index contributed by atoms with van der Waals surface area (Å²) < 4.78 is 5.04. The van der Waals surface area contributed by atoms with Gasteiger partial charge in [0.2, 0.25) is 0 Å². The monoisotopic (exact) mass is 624 g/mol. The summed E-state index contributed by atoms with van der Waals surface area (Å²) in [6.07, 6.45) is -2.88.